The van der Waals surface area contributed by atoms with Crippen molar-refractivity contribution in [2.75, 3.05) is 11.1 Å². The number of aromatic amines is 1. The van der Waals surface area contributed by atoms with Gasteiger partial charge >= 0.3 is 5.76 Å². The molecular formula is C15H15N3O2. The predicted octanol–water partition coefficient (Wildman–Crippen LogP) is 3.06. The largest absolute Gasteiger partial charge is 0.417 e. The zero-order valence-electron chi connectivity index (χ0n) is 11.3. The van der Waals surface area contributed by atoms with Gasteiger partial charge in [0.1, 0.15) is 0 Å². The fraction of sp³-hybridized carbons (Fsp3) is 0.133. The van der Waals surface area contributed by atoms with Gasteiger partial charge in [0.15, 0.2) is 5.58 Å². The standard InChI is InChI=1S/C15H15N3O2/c1-8-5-11(16)12(6-9(8)2)17-10-3-4-14-13(7-10)18-15(19)20-14/h3-7,17H,16H2,1-2H3,(H,18,19). The molecule has 1 heterocycles. The van der Waals surface area contributed by atoms with E-state index in [2.05, 4.69) is 10.3 Å². The van der Waals surface area contributed by atoms with E-state index in [4.69, 9.17) is 10.2 Å². The highest BCUT2D eigenvalue weighted by molar-refractivity contribution is 5.81. The maximum Gasteiger partial charge on any atom is 0.417 e. The maximum atomic E-state index is 11.1. The minimum Gasteiger partial charge on any atom is -0.408 e. The molecule has 0 bridgehead atoms. The number of fused-ring (bicyclic) bond motifs is 1. The minimum absolute atomic E-state index is 0.456. The zero-order valence-corrected chi connectivity index (χ0v) is 11.3. The highest BCUT2D eigenvalue weighted by Gasteiger charge is 2.05. The molecule has 0 radical (unpaired) electrons. The first kappa shape index (κ1) is 12.3. The molecule has 0 aliphatic heterocycles. The number of H-pyrrole nitrogens is 1. The molecule has 0 amide bonds. The third-order valence-corrected chi connectivity index (χ3v) is 3.36. The van der Waals surface area contributed by atoms with Crippen LogP contribution in [-0.4, -0.2) is 4.98 Å². The van der Waals surface area contributed by atoms with Gasteiger partial charge in [0, 0.05) is 5.69 Å². The van der Waals surface area contributed by atoms with Gasteiger partial charge in [0.05, 0.1) is 16.9 Å². The van der Waals surface area contributed by atoms with Gasteiger partial charge in [0.2, 0.25) is 0 Å². The van der Waals surface area contributed by atoms with Gasteiger partial charge in [-0.1, -0.05) is 0 Å². The number of nitrogen functional groups attached to an aromatic ring is 1. The zero-order chi connectivity index (χ0) is 14.3. The first-order valence-corrected chi connectivity index (χ1v) is 6.29. The number of nitrogens with one attached hydrogen (secondary N) is 2. The smallest absolute Gasteiger partial charge is 0.408 e. The van der Waals surface area contributed by atoms with Crippen LogP contribution in [0.1, 0.15) is 11.1 Å². The molecule has 0 atom stereocenters. The summed E-state index contributed by atoms with van der Waals surface area (Å²) < 4.78 is 4.97. The van der Waals surface area contributed by atoms with Crippen molar-refractivity contribution in [1.82, 2.24) is 4.98 Å². The van der Waals surface area contributed by atoms with Crippen molar-refractivity contribution in [3.63, 3.8) is 0 Å². The molecule has 3 rings (SSSR count). The van der Waals surface area contributed by atoms with Crippen molar-refractivity contribution in [3.8, 4) is 0 Å². The van der Waals surface area contributed by atoms with E-state index in [0.717, 1.165) is 16.9 Å². The number of aryl methyl sites for hydroxylation is 2. The Hall–Kier alpha value is -2.69. The molecule has 0 unspecified atom stereocenters. The van der Waals surface area contributed by atoms with Gasteiger partial charge in [-0.3, -0.25) is 4.98 Å². The highest BCUT2D eigenvalue weighted by Crippen LogP contribution is 2.27. The number of benzene rings is 2. The van der Waals surface area contributed by atoms with Crippen LogP contribution < -0.4 is 16.8 Å². The van der Waals surface area contributed by atoms with Crippen molar-refractivity contribution in [1.29, 1.82) is 0 Å². The molecule has 4 N–H and O–H groups in total. The van der Waals surface area contributed by atoms with Crippen molar-refractivity contribution >= 4 is 28.2 Å². The Morgan fingerprint density at radius 1 is 1.15 bits per heavy atom. The molecule has 0 aliphatic carbocycles. The van der Waals surface area contributed by atoms with Gasteiger partial charge in [-0.25, -0.2) is 4.79 Å². The van der Waals surface area contributed by atoms with E-state index >= 15 is 0 Å². The average Bonchev–Trinajstić information content (AvgIpc) is 2.75. The summed E-state index contributed by atoms with van der Waals surface area (Å²) >= 11 is 0. The second kappa shape index (κ2) is 4.45. The van der Waals surface area contributed by atoms with E-state index in [-0.39, 0.29) is 0 Å². The molecule has 20 heavy (non-hydrogen) atoms. The quantitative estimate of drug-likeness (QED) is 0.624. The number of rotatable bonds is 2. The van der Waals surface area contributed by atoms with Gasteiger partial charge < -0.3 is 15.5 Å². The van der Waals surface area contributed by atoms with Crippen LogP contribution in [0, 0.1) is 13.8 Å². The third-order valence-electron chi connectivity index (χ3n) is 3.36. The molecule has 2 aromatic carbocycles. The predicted molar refractivity (Wildman–Crippen MR) is 80.4 cm³/mol. The lowest BCUT2D eigenvalue weighted by molar-refractivity contribution is 0.555. The number of anilines is 3. The summed E-state index contributed by atoms with van der Waals surface area (Å²) in [5.74, 6) is -0.456. The van der Waals surface area contributed by atoms with Crippen molar-refractivity contribution in [2.24, 2.45) is 0 Å². The normalized spacial score (nSPS) is 10.9. The Bertz CT molecular complexity index is 846. The summed E-state index contributed by atoms with van der Waals surface area (Å²) in [5, 5.41) is 3.25. The third kappa shape index (κ3) is 2.14. The van der Waals surface area contributed by atoms with Crippen LogP contribution in [0.3, 0.4) is 0 Å². The lowest BCUT2D eigenvalue weighted by atomic mass is 10.1. The number of nitrogens with two attached hydrogens (primary N) is 1. The molecule has 0 saturated heterocycles. The number of hydrogen-bond donors (Lipinski definition) is 3. The van der Waals surface area contributed by atoms with Gasteiger partial charge in [-0.05, 0) is 55.3 Å². The van der Waals surface area contributed by atoms with Crippen LogP contribution >= 0.6 is 0 Å². The summed E-state index contributed by atoms with van der Waals surface area (Å²) in [6.07, 6.45) is 0. The Morgan fingerprint density at radius 3 is 2.70 bits per heavy atom. The summed E-state index contributed by atoms with van der Waals surface area (Å²) in [4.78, 5) is 13.8. The van der Waals surface area contributed by atoms with Crippen LogP contribution in [0.15, 0.2) is 39.5 Å². The van der Waals surface area contributed by atoms with E-state index in [0.29, 0.717) is 16.8 Å². The van der Waals surface area contributed by atoms with Crippen molar-refractivity contribution in [3.05, 3.63) is 52.0 Å². The topological polar surface area (TPSA) is 84.0 Å². The van der Waals surface area contributed by atoms with Crippen LogP contribution in [0.5, 0.6) is 0 Å². The molecule has 1 aromatic heterocycles. The van der Waals surface area contributed by atoms with Gasteiger partial charge in [-0.15, -0.1) is 0 Å². The Labute approximate surface area is 115 Å². The average molecular weight is 269 g/mol. The van der Waals surface area contributed by atoms with E-state index < -0.39 is 5.76 Å². The van der Waals surface area contributed by atoms with Gasteiger partial charge in [-0.2, -0.15) is 0 Å². The first-order valence-electron chi connectivity index (χ1n) is 6.29. The minimum atomic E-state index is -0.456. The second-order valence-electron chi connectivity index (χ2n) is 4.87. The van der Waals surface area contributed by atoms with Crippen LogP contribution in [-0.2, 0) is 0 Å². The lowest BCUT2D eigenvalue weighted by Gasteiger charge is -2.12. The number of oxazole rings is 1. The second-order valence-corrected chi connectivity index (χ2v) is 4.87. The van der Waals surface area contributed by atoms with Crippen LogP contribution in [0.2, 0.25) is 0 Å². The van der Waals surface area contributed by atoms with Crippen molar-refractivity contribution in [2.45, 2.75) is 13.8 Å². The van der Waals surface area contributed by atoms with E-state index in [9.17, 15) is 4.79 Å². The molecule has 5 nitrogen and oxygen atoms in total. The number of aromatic nitrogens is 1. The first-order chi connectivity index (χ1) is 9.52. The number of hydrogen-bond acceptors (Lipinski definition) is 4. The van der Waals surface area contributed by atoms with E-state index in [1.807, 2.05) is 38.1 Å². The summed E-state index contributed by atoms with van der Waals surface area (Å²) in [7, 11) is 0. The monoisotopic (exact) mass is 269 g/mol. The molecule has 3 aromatic rings. The molecule has 0 fully saturated rings. The molecular weight excluding hydrogens is 254 g/mol. The maximum absolute atomic E-state index is 11.1. The van der Waals surface area contributed by atoms with Crippen molar-refractivity contribution < 1.29 is 4.42 Å². The summed E-state index contributed by atoms with van der Waals surface area (Å²) in [6.45, 7) is 4.06. The Morgan fingerprint density at radius 2 is 1.90 bits per heavy atom. The molecule has 0 spiro atoms. The highest BCUT2D eigenvalue weighted by atomic mass is 16.4. The van der Waals surface area contributed by atoms with Crippen LogP contribution in [0.25, 0.3) is 11.1 Å². The molecule has 0 aliphatic rings. The van der Waals surface area contributed by atoms with E-state index in [1.165, 1.54) is 5.56 Å². The van der Waals surface area contributed by atoms with Gasteiger partial charge in [0.25, 0.3) is 0 Å². The molecule has 0 saturated carbocycles. The summed E-state index contributed by atoms with van der Waals surface area (Å²) in [6, 6.07) is 9.35. The molecule has 102 valence electrons. The lowest BCUT2D eigenvalue weighted by Crippen LogP contribution is -1.98. The molecule has 5 heteroatoms. The fourth-order valence-corrected chi connectivity index (χ4v) is 2.13. The fourth-order valence-electron chi connectivity index (χ4n) is 2.13. The Balaban J connectivity index is 2.00. The SMILES string of the molecule is Cc1cc(N)c(Nc2ccc3oc(=O)[nH]c3c2)cc1C. The summed E-state index contributed by atoms with van der Waals surface area (Å²) in [5.41, 5.74) is 11.9. The van der Waals surface area contributed by atoms with Crippen LogP contribution in [0.4, 0.5) is 17.1 Å². The van der Waals surface area contributed by atoms with E-state index in [1.54, 1.807) is 6.07 Å². The Kier molecular flexibility index (Phi) is 2.75.